The molecule has 0 radical (unpaired) electrons. The smallest absolute Gasteiger partial charge is 0.123 e. The van der Waals surface area contributed by atoms with Crippen LogP contribution in [0.1, 0.15) is 17.3 Å². The van der Waals surface area contributed by atoms with E-state index in [-0.39, 0.29) is 0 Å². The zero-order valence-corrected chi connectivity index (χ0v) is 14.1. The van der Waals surface area contributed by atoms with Gasteiger partial charge < -0.3 is 10.3 Å². The fraction of sp³-hybridized carbons (Fsp3) is 0.350. The molecule has 1 saturated heterocycles. The first kappa shape index (κ1) is 15.4. The maximum atomic E-state index is 6.06. The van der Waals surface area contributed by atoms with Crippen molar-refractivity contribution >= 4 is 11.0 Å². The van der Waals surface area contributed by atoms with Crippen LogP contribution in [0.25, 0.3) is 11.0 Å². The molecule has 1 aliphatic rings. The molecule has 2 aromatic carbocycles. The summed E-state index contributed by atoms with van der Waals surface area (Å²) in [5.74, 6) is 2.16. The molecule has 4 heteroatoms. The molecule has 0 bridgehead atoms. The van der Waals surface area contributed by atoms with Gasteiger partial charge in [0.15, 0.2) is 0 Å². The van der Waals surface area contributed by atoms with E-state index < -0.39 is 0 Å². The second-order valence-electron chi connectivity index (χ2n) is 6.78. The van der Waals surface area contributed by atoms with Gasteiger partial charge >= 0.3 is 0 Å². The van der Waals surface area contributed by atoms with E-state index in [0.29, 0.717) is 11.8 Å². The lowest BCUT2D eigenvalue weighted by Crippen LogP contribution is -2.24. The largest absolute Gasteiger partial charge is 0.330 e. The third-order valence-electron chi connectivity index (χ3n) is 5.29. The molecule has 0 aliphatic carbocycles. The summed E-state index contributed by atoms with van der Waals surface area (Å²) in [7, 11) is 2.11. The number of nitrogens with two attached hydrogens (primary N) is 1. The number of para-hydroxylation sites is 2. The van der Waals surface area contributed by atoms with Crippen LogP contribution in [0.15, 0.2) is 54.6 Å². The van der Waals surface area contributed by atoms with Crippen LogP contribution < -0.4 is 5.73 Å². The predicted octanol–water partition coefficient (Wildman–Crippen LogP) is 2.75. The highest BCUT2D eigenvalue weighted by Gasteiger charge is 2.33. The summed E-state index contributed by atoms with van der Waals surface area (Å²) in [6.45, 7) is 3.71. The van der Waals surface area contributed by atoms with Gasteiger partial charge in [-0.15, -0.1) is 0 Å². The van der Waals surface area contributed by atoms with Crippen LogP contribution in [0.2, 0.25) is 0 Å². The molecular weight excluding hydrogens is 296 g/mol. The lowest BCUT2D eigenvalue weighted by atomic mass is 9.89. The average molecular weight is 320 g/mol. The van der Waals surface area contributed by atoms with E-state index in [1.54, 1.807) is 0 Å². The Balaban J connectivity index is 1.56. The van der Waals surface area contributed by atoms with Gasteiger partial charge in [0, 0.05) is 26.1 Å². The fourth-order valence-corrected chi connectivity index (χ4v) is 3.94. The molecule has 3 aromatic rings. The molecule has 24 heavy (non-hydrogen) atoms. The number of hydrogen-bond donors (Lipinski definition) is 1. The number of aromatic nitrogens is 2. The summed E-state index contributed by atoms with van der Waals surface area (Å²) in [5.41, 5.74) is 9.73. The van der Waals surface area contributed by atoms with Gasteiger partial charge in [0.05, 0.1) is 17.6 Å². The quantitative estimate of drug-likeness (QED) is 0.804. The first-order chi connectivity index (χ1) is 11.8. The number of rotatable bonds is 4. The molecule has 0 spiro atoms. The van der Waals surface area contributed by atoms with E-state index in [2.05, 4.69) is 65.0 Å². The number of aryl methyl sites for hydroxylation is 1. The molecule has 0 unspecified atom stereocenters. The van der Waals surface area contributed by atoms with Crippen molar-refractivity contribution in [3.8, 4) is 0 Å². The molecule has 1 fully saturated rings. The highest BCUT2D eigenvalue weighted by Crippen LogP contribution is 2.32. The SMILES string of the molecule is Cn1c(CN2C[C@@H](CN)[C@H](c3ccccc3)C2)nc2ccccc21. The monoisotopic (exact) mass is 320 g/mol. The van der Waals surface area contributed by atoms with Gasteiger partial charge in [-0.05, 0) is 30.2 Å². The van der Waals surface area contributed by atoms with Gasteiger partial charge in [0.2, 0.25) is 0 Å². The van der Waals surface area contributed by atoms with Gasteiger partial charge in [-0.2, -0.15) is 0 Å². The van der Waals surface area contributed by atoms with E-state index in [1.807, 2.05) is 6.07 Å². The lowest BCUT2D eigenvalue weighted by molar-refractivity contribution is 0.306. The van der Waals surface area contributed by atoms with E-state index >= 15 is 0 Å². The van der Waals surface area contributed by atoms with Crippen LogP contribution in [0, 0.1) is 5.92 Å². The van der Waals surface area contributed by atoms with Gasteiger partial charge in [0.25, 0.3) is 0 Å². The van der Waals surface area contributed by atoms with Gasteiger partial charge in [-0.25, -0.2) is 4.98 Å². The van der Waals surface area contributed by atoms with Crippen molar-refractivity contribution in [2.24, 2.45) is 18.7 Å². The maximum Gasteiger partial charge on any atom is 0.123 e. The molecule has 124 valence electrons. The summed E-state index contributed by atoms with van der Waals surface area (Å²) < 4.78 is 2.21. The topological polar surface area (TPSA) is 47.1 Å². The molecule has 0 saturated carbocycles. The minimum atomic E-state index is 0.516. The predicted molar refractivity (Wildman–Crippen MR) is 97.7 cm³/mol. The number of likely N-dealkylation sites (tertiary alicyclic amines) is 1. The molecule has 1 aromatic heterocycles. The third kappa shape index (κ3) is 2.72. The van der Waals surface area contributed by atoms with E-state index in [1.165, 1.54) is 11.1 Å². The number of hydrogen-bond acceptors (Lipinski definition) is 3. The summed E-state index contributed by atoms with van der Waals surface area (Å²) in [5, 5.41) is 0. The van der Waals surface area contributed by atoms with Crippen LogP contribution in [0.4, 0.5) is 0 Å². The number of benzene rings is 2. The molecule has 1 aliphatic heterocycles. The first-order valence-electron chi connectivity index (χ1n) is 8.64. The number of imidazole rings is 1. The van der Waals surface area contributed by atoms with Crippen molar-refractivity contribution < 1.29 is 0 Å². The van der Waals surface area contributed by atoms with Crippen molar-refractivity contribution in [1.29, 1.82) is 0 Å². The normalized spacial score (nSPS) is 21.6. The van der Waals surface area contributed by atoms with Gasteiger partial charge in [0.1, 0.15) is 5.82 Å². The highest BCUT2D eigenvalue weighted by molar-refractivity contribution is 5.75. The Morgan fingerprint density at radius 1 is 1.04 bits per heavy atom. The Morgan fingerprint density at radius 3 is 2.54 bits per heavy atom. The van der Waals surface area contributed by atoms with Crippen LogP contribution >= 0.6 is 0 Å². The van der Waals surface area contributed by atoms with Crippen molar-refractivity contribution in [1.82, 2.24) is 14.5 Å². The minimum absolute atomic E-state index is 0.516. The maximum absolute atomic E-state index is 6.06. The zero-order chi connectivity index (χ0) is 16.5. The summed E-state index contributed by atoms with van der Waals surface area (Å²) in [6, 6.07) is 19.1. The molecule has 2 heterocycles. The first-order valence-corrected chi connectivity index (χ1v) is 8.64. The summed E-state index contributed by atoms with van der Waals surface area (Å²) in [4.78, 5) is 7.31. The van der Waals surface area contributed by atoms with Crippen LogP contribution in [-0.4, -0.2) is 34.1 Å². The molecular formula is C20H24N4. The van der Waals surface area contributed by atoms with Crippen LogP contribution in [0.5, 0.6) is 0 Å². The standard InChI is InChI=1S/C20H24N4/c1-23-19-10-6-5-9-18(19)22-20(23)14-24-12-16(11-21)17(13-24)15-7-3-2-4-8-15/h2-10,16-17H,11-14,21H2,1H3/t16-,17+/m1/s1. The lowest BCUT2D eigenvalue weighted by Gasteiger charge is -2.16. The third-order valence-corrected chi connectivity index (χ3v) is 5.29. The molecule has 0 amide bonds. The second-order valence-corrected chi connectivity index (χ2v) is 6.78. The second kappa shape index (κ2) is 6.38. The Morgan fingerprint density at radius 2 is 1.79 bits per heavy atom. The van der Waals surface area contributed by atoms with Gasteiger partial charge in [-0.1, -0.05) is 42.5 Å². The van der Waals surface area contributed by atoms with Crippen molar-refractivity contribution in [3.63, 3.8) is 0 Å². The van der Waals surface area contributed by atoms with Crippen LogP contribution in [-0.2, 0) is 13.6 Å². The Kier molecular flexibility index (Phi) is 4.08. The van der Waals surface area contributed by atoms with Crippen LogP contribution in [0.3, 0.4) is 0 Å². The molecule has 2 atom stereocenters. The molecule has 4 rings (SSSR count). The average Bonchev–Trinajstić information content (AvgIpc) is 3.18. The molecule has 4 nitrogen and oxygen atoms in total. The Hall–Kier alpha value is -2.17. The Bertz CT molecular complexity index is 824. The van der Waals surface area contributed by atoms with E-state index in [4.69, 9.17) is 10.7 Å². The van der Waals surface area contributed by atoms with E-state index in [0.717, 1.165) is 37.5 Å². The number of nitrogens with zero attached hydrogens (tertiary/aromatic N) is 3. The van der Waals surface area contributed by atoms with Gasteiger partial charge in [-0.3, -0.25) is 4.90 Å². The van der Waals surface area contributed by atoms with E-state index in [9.17, 15) is 0 Å². The fourth-order valence-electron chi connectivity index (χ4n) is 3.94. The zero-order valence-electron chi connectivity index (χ0n) is 14.1. The number of fused-ring (bicyclic) bond motifs is 1. The molecule has 2 N–H and O–H groups in total. The van der Waals surface area contributed by atoms with Crippen molar-refractivity contribution in [3.05, 3.63) is 66.0 Å². The van der Waals surface area contributed by atoms with Crippen molar-refractivity contribution in [2.75, 3.05) is 19.6 Å². The highest BCUT2D eigenvalue weighted by atomic mass is 15.2. The Labute approximate surface area is 142 Å². The summed E-state index contributed by atoms with van der Waals surface area (Å²) in [6.07, 6.45) is 0. The van der Waals surface area contributed by atoms with Crippen molar-refractivity contribution in [2.45, 2.75) is 12.5 Å². The minimum Gasteiger partial charge on any atom is -0.330 e. The summed E-state index contributed by atoms with van der Waals surface area (Å²) >= 11 is 0.